The molecule has 0 radical (unpaired) electrons. The lowest BCUT2D eigenvalue weighted by Crippen LogP contribution is -2.20. The van der Waals surface area contributed by atoms with Gasteiger partial charge in [0.05, 0.1) is 18.2 Å². The van der Waals surface area contributed by atoms with E-state index in [2.05, 4.69) is 10.6 Å². The van der Waals surface area contributed by atoms with Crippen LogP contribution in [0.1, 0.15) is 52.0 Å². The van der Waals surface area contributed by atoms with E-state index in [1.54, 1.807) is 0 Å². The Morgan fingerprint density at radius 3 is 2.55 bits per heavy atom. The van der Waals surface area contributed by atoms with Crippen LogP contribution >= 0.6 is 23.6 Å². The fourth-order valence-corrected chi connectivity index (χ4v) is 4.93. The van der Waals surface area contributed by atoms with E-state index in [9.17, 15) is 18.0 Å². The van der Waals surface area contributed by atoms with E-state index >= 15 is 0 Å². The van der Waals surface area contributed by atoms with Crippen molar-refractivity contribution in [3.63, 3.8) is 0 Å². The fourth-order valence-electron chi connectivity index (χ4n) is 3.36. The van der Waals surface area contributed by atoms with Gasteiger partial charge in [0.15, 0.2) is 5.11 Å². The first-order valence-electron chi connectivity index (χ1n) is 9.27. The number of carbonyl (C=O) groups is 1. The Kier molecular flexibility index (Phi) is 6.79. The normalized spacial score (nSPS) is 14.3. The zero-order valence-corrected chi connectivity index (χ0v) is 17.5. The number of rotatable bonds is 3. The van der Waals surface area contributed by atoms with Crippen molar-refractivity contribution in [2.75, 3.05) is 17.7 Å². The van der Waals surface area contributed by atoms with E-state index in [-0.39, 0.29) is 10.8 Å². The van der Waals surface area contributed by atoms with Gasteiger partial charge in [-0.15, -0.1) is 11.3 Å². The first kappa shape index (κ1) is 21.6. The van der Waals surface area contributed by atoms with E-state index in [1.165, 1.54) is 30.6 Å². The maximum atomic E-state index is 12.9. The van der Waals surface area contributed by atoms with Crippen LogP contribution in [0.3, 0.4) is 0 Å². The SMILES string of the molecule is COC(=O)c1c(NC(=S)Nc2cccc(C(F)(F)F)c2)sc2c1CCCCCC2. The zero-order chi connectivity index (χ0) is 21.0. The van der Waals surface area contributed by atoms with Gasteiger partial charge in [-0.25, -0.2) is 4.79 Å². The van der Waals surface area contributed by atoms with E-state index < -0.39 is 17.7 Å². The number of hydrogen-bond donors (Lipinski definition) is 2. The molecule has 29 heavy (non-hydrogen) atoms. The highest BCUT2D eigenvalue weighted by Crippen LogP contribution is 2.37. The predicted molar refractivity (Wildman–Crippen MR) is 113 cm³/mol. The van der Waals surface area contributed by atoms with Crippen LogP contribution in [0, 0.1) is 0 Å². The summed E-state index contributed by atoms with van der Waals surface area (Å²) in [6.07, 6.45) is 1.58. The van der Waals surface area contributed by atoms with Crippen LogP contribution in [0.2, 0.25) is 0 Å². The third-order valence-electron chi connectivity index (χ3n) is 4.74. The number of ether oxygens (including phenoxy) is 1. The molecular weight excluding hydrogens is 421 g/mol. The molecule has 156 valence electrons. The second-order valence-corrected chi connectivity index (χ2v) is 8.28. The van der Waals surface area contributed by atoms with Crippen LogP contribution in [0.15, 0.2) is 24.3 Å². The van der Waals surface area contributed by atoms with Crippen molar-refractivity contribution in [2.24, 2.45) is 0 Å². The van der Waals surface area contributed by atoms with Gasteiger partial charge >= 0.3 is 12.1 Å². The van der Waals surface area contributed by atoms with Gasteiger partial charge in [-0.05, 0) is 61.7 Å². The second kappa shape index (κ2) is 9.13. The molecule has 0 saturated heterocycles. The quantitative estimate of drug-likeness (QED) is 0.450. The summed E-state index contributed by atoms with van der Waals surface area (Å²) in [4.78, 5) is 13.5. The number of esters is 1. The van der Waals surface area contributed by atoms with E-state index in [0.717, 1.165) is 61.1 Å². The lowest BCUT2D eigenvalue weighted by atomic mass is 9.96. The molecule has 2 aromatic rings. The van der Waals surface area contributed by atoms with Gasteiger partial charge in [0.1, 0.15) is 5.00 Å². The summed E-state index contributed by atoms with van der Waals surface area (Å²) < 4.78 is 43.7. The molecule has 1 heterocycles. The zero-order valence-electron chi connectivity index (χ0n) is 15.8. The van der Waals surface area contributed by atoms with Crippen LogP contribution in [0.5, 0.6) is 0 Å². The van der Waals surface area contributed by atoms with Crippen molar-refractivity contribution < 1.29 is 22.7 Å². The van der Waals surface area contributed by atoms with Crippen LogP contribution in [-0.4, -0.2) is 18.2 Å². The van der Waals surface area contributed by atoms with Crippen molar-refractivity contribution in [2.45, 2.75) is 44.7 Å². The number of halogens is 3. The number of fused-ring (bicyclic) bond motifs is 1. The molecule has 1 aromatic carbocycles. The lowest BCUT2D eigenvalue weighted by molar-refractivity contribution is -0.137. The standard InChI is InChI=1S/C20H21F3N2O2S2/c1-27-18(26)16-14-9-4-2-3-5-10-15(14)29-17(16)25-19(28)24-13-8-6-7-12(11-13)20(21,22)23/h6-8,11H,2-5,9-10H2,1H3,(H2,24,25,28). The molecule has 4 nitrogen and oxygen atoms in total. The Morgan fingerprint density at radius 2 is 1.86 bits per heavy atom. The maximum Gasteiger partial charge on any atom is 0.416 e. The molecule has 0 spiro atoms. The Balaban J connectivity index is 1.83. The number of methoxy groups -OCH3 is 1. The number of hydrogen-bond acceptors (Lipinski definition) is 4. The first-order valence-corrected chi connectivity index (χ1v) is 10.5. The monoisotopic (exact) mass is 442 g/mol. The van der Waals surface area contributed by atoms with E-state index in [1.807, 2.05) is 0 Å². The molecule has 0 atom stereocenters. The molecule has 1 aliphatic rings. The minimum absolute atomic E-state index is 0.115. The molecule has 0 unspecified atom stereocenters. The number of thiocarbonyl (C=S) groups is 1. The summed E-state index contributed by atoms with van der Waals surface area (Å²) in [6.45, 7) is 0. The fraction of sp³-hybridized carbons (Fsp3) is 0.400. The molecule has 0 amide bonds. The topological polar surface area (TPSA) is 50.4 Å². The van der Waals surface area contributed by atoms with Crippen molar-refractivity contribution in [1.29, 1.82) is 0 Å². The van der Waals surface area contributed by atoms with Crippen molar-refractivity contribution >= 4 is 45.3 Å². The number of aryl methyl sites for hydroxylation is 1. The van der Waals surface area contributed by atoms with E-state index in [0.29, 0.717) is 10.6 Å². The van der Waals surface area contributed by atoms with Gasteiger partial charge in [0, 0.05) is 10.6 Å². The first-order chi connectivity index (χ1) is 13.8. The number of nitrogens with one attached hydrogen (secondary N) is 2. The Hall–Kier alpha value is -2.13. The molecule has 1 aliphatic carbocycles. The number of alkyl halides is 3. The van der Waals surface area contributed by atoms with Gasteiger partial charge in [-0.2, -0.15) is 13.2 Å². The second-order valence-electron chi connectivity index (χ2n) is 6.77. The van der Waals surface area contributed by atoms with Gasteiger partial charge in [0.25, 0.3) is 0 Å². The Labute approximate surface area is 176 Å². The number of anilines is 2. The third kappa shape index (κ3) is 5.27. The summed E-state index contributed by atoms with van der Waals surface area (Å²) in [5.41, 5.74) is 0.917. The minimum Gasteiger partial charge on any atom is -0.465 e. The average molecular weight is 443 g/mol. The summed E-state index contributed by atoms with van der Waals surface area (Å²) in [5, 5.41) is 6.43. The van der Waals surface area contributed by atoms with Crippen LogP contribution < -0.4 is 10.6 Å². The summed E-state index contributed by atoms with van der Waals surface area (Å²) in [7, 11) is 1.33. The maximum absolute atomic E-state index is 12.9. The molecule has 3 rings (SSSR count). The van der Waals surface area contributed by atoms with Crippen molar-refractivity contribution in [1.82, 2.24) is 0 Å². The van der Waals surface area contributed by atoms with E-state index in [4.69, 9.17) is 17.0 Å². The molecule has 9 heteroatoms. The predicted octanol–water partition coefficient (Wildman–Crippen LogP) is 6.02. The molecular formula is C20H21F3N2O2S2. The Bertz CT molecular complexity index is 910. The third-order valence-corrected chi connectivity index (χ3v) is 6.15. The van der Waals surface area contributed by atoms with Crippen LogP contribution in [-0.2, 0) is 23.8 Å². The number of benzene rings is 1. The van der Waals surface area contributed by atoms with Crippen molar-refractivity contribution in [3.05, 3.63) is 45.8 Å². The number of thiophene rings is 1. The molecule has 0 aliphatic heterocycles. The highest BCUT2D eigenvalue weighted by Gasteiger charge is 2.30. The lowest BCUT2D eigenvalue weighted by Gasteiger charge is -2.13. The molecule has 2 N–H and O–H groups in total. The summed E-state index contributed by atoms with van der Waals surface area (Å²) >= 11 is 6.74. The molecule has 0 fully saturated rings. The van der Waals surface area contributed by atoms with Crippen molar-refractivity contribution in [3.8, 4) is 0 Å². The molecule has 0 saturated carbocycles. The minimum atomic E-state index is -4.44. The van der Waals surface area contributed by atoms with Gasteiger partial charge in [-0.1, -0.05) is 18.9 Å². The van der Waals surface area contributed by atoms with Gasteiger partial charge in [-0.3, -0.25) is 0 Å². The Morgan fingerprint density at radius 1 is 1.14 bits per heavy atom. The highest BCUT2D eigenvalue weighted by atomic mass is 32.1. The van der Waals surface area contributed by atoms with Gasteiger partial charge < -0.3 is 15.4 Å². The van der Waals surface area contributed by atoms with Crippen LogP contribution in [0.25, 0.3) is 0 Å². The molecule has 1 aromatic heterocycles. The molecule has 0 bridgehead atoms. The smallest absolute Gasteiger partial charge is 0.416 e. The van der Waals surface area contributed by atoms with Crippen LogP contribution in [0.4, 0.5) is 23.9 Å². The highest BCUT2D eigenvalue weighted by molar-refractivity contribution is 7.80. The van der Waals surface area contributed by atoms with Gasteiger partial charge in [0.2, 0.25) is 0 Å². The number of carbonyl (C=O) groups excluding carboxylic acids is 1. The summed E-state index contributed by atoms with van der Waals surface area (Å²) in [6, 6.07) is 4.79. The summed E-state index contributed by atoms with van der Waals surface area (Å²) in [5.74, 6) is -0.438. The average Bonchev–Trinajstić information content (AvgIpc) is 2.96. The largest absolute Gasteiger partial charge is 0.465 e.